The van der Waals surface area contributed by atoms with Gasteiger partial charge in [-0.25, -0.2) is 0 Å². The second kappa shape index (κ2) is 5.45. The standard InChI is InChI=1S/C16H19NOS/c1-12-2-4-13(5-3-12)15(18)11-17-8-6-16-14(10-17)7-9-19-16/h2-5,7,9,15,18H,6,8,10-11H2,1H3. The molecule has 2 heterocycles. The van der Waals surface area contributed by atoms with Gasteiger partial charge in [0.25, 0.3) is 0 Å². The van der Waals surface area contributed by atoms with Crippen molar-refractivity contribution in [2.24, 2.45) is 0 Å². The van der Waals surface area contributed by atoms with E-state index < -0.39 is 0 Å². The molecule has 3 heteroatoms. The summed E-state index contributed by atoms with van der Waals surface area (Å²) in [6.07, 6.45) is 0.731. The van der Waals surface area contributed by atoms with E-state index in [2.05, 4.69) is 35.4 Å². The molecule has 0 radical (unpaired) electrons. The third kappa shape index (κ3) is 2.89. The number of aryl methyl sites for hydroxylation is 1. The summed E-state index contributed by atoms with van der Waals surface area (Å²) in [6.45, 7) is 4.81. The smallest absolute Gasteiger partial charge is 0.0917 e. The highest BCUT2D eigenvalue weighted by atomic mass is 32.1. The second-order valence-electron chi connectivity index (χ2n) is 5.28. The van der Waals surface area contributed by atoms with E-state index in [-0.39, 0.29) is 6.10 Å². The average Bonchev–Trinajstić information content (AvgIpc) is 2.87. The second-order valence-corrected chi connectivity index (χ2v) is 6.28. The highest BCUT2D eigenvalue weighted by Gasteiger charge is 2.20. The molecule has 1 aromatic carbocycles. The fourth-order valence-electron chi connectivity index (χ4n) is 2.60. The molecule has 2 nitrogen and oxygen atoms in total. The van der Waals surface area contributed by atoms with Crippen molar-refractivity contribution in [1.29, 1.82) is 0 Å². The molecule has 0 fully saturated rings. The van der Waals surface area contributed by atoms with Crippen molar-refractivity contribution in [3.8, 4) is 0 Å². The van der Waals surface area contributed by atoms with Crippen LogP contribution in [0.4, 0.5) is 0 Å². The van der Waals surface area contributed by atoms with Gasteiger partial charge in [0.15, 0.2) is 0 Å². The first-order valence-electron chi connectivity index (χ1n) is 6.74. The Hall–Kier alpha value is -1.16. The van der Waals surface area contributed by atoms with Crippen molar-refractivity contribution in [3.05, 3.63) is 57.3 Å². The maximum atomic E-state index is 10.3. The van der Waals surface area contributed by atoms with Crippen molar-refractivity contribution >= 4 is 11.3 Å². The van der Waals surface area contributed by atoms with E-state index >= 15 is 0 Å². The SMILES string of the molecule is Cc1ccc(C(O)CN2CCc3sccc3C2)cc1. The van der Waals surface area contributed by atoms with Crippen molar-refractivity contribution in [3.63, 3.8) is 0 Å². The van der Waals surface area contributed by atoms with Gasteiger partial charge < -0.3 is 5.11 Å². The molecule has 1 unspecified atom stereocenters. The number of hydrogen-bond donors (Lipinski definition) is 1. The van der Waals surface area contributed by atoms with Crippen LogP contribution in [0.15, 0.2) is 35.7 Å². The lowest BCUT2D eigenvalue weighted by molar-refractivity contribution is 0.106. The third-order valence-corrected chi connectivity index (χ3v) is 4.80. The van der Waals surface area contributed by atoms with Gasteiger partial charge in [0.05, 0.1) is 6.10 Å². The summed E-state index contributed by atoms with van der Waals surface area (Å²) in [5.74, 6) is 0. The molecule has 1 aliphatic heterocycles. The van der Waals surface area contributed by atoms with Crippen molar-refractivity contribution in [2.75, 3.05) is 13.1 Å². The number of aliphatic hydroxyl groups excluding tert-OH is 1. The predicted molar refractivity (Wildman–Crippen MR) is 79.4 cm³/mol. The molecule has 19 heavy (non-hydrogen) atoms. The van der Waals surface area contributed by atoms with E-state index in [0.717, 1.165) is 31.6 Å². The van der Waals surface area contributed by atoms with Crippen LogP contribution in [-0.2, 0) is 13.0 Å². The lowest BCUT2D eigenvalue weighted by Gasteiger charge is -2.28. The zero-order chi connectivity index (χ0) is 13.2. The lowest BCUT2D eigenvalue weighted by atomic mass is 10.0. The van der Waals surface area contributed by atoms with Gasteiger partial charge in [0.1, 0.15) is 0 Å². The maximum Gasteiger partial charge on any atom is 0.0917 e. The predicted octanol–water partition coefficient (Wildman–Crippen LogP) is 3.15. The zero-order valence-corrected chi connectivity index (χ0v) is 12.0. The first-order chi connectivity index (χ1) is 9.22. The molecule has 0 spiro atoms. The quantitative estimate of drug-likeness (QED) is 0.928. The van der Waals surface area contributed by atoms with E-state index in [0.29, 0.717) is 0 Å². The first kappa shape index (κ1) is 12.9. The fraction of sp³-hybridized carbons (Fsp3) is 0.375. The van der Waals surface area contributed by atoms with Gasteiger partial charge in [-0.05, 0) is 35.9 Å². The summed E-state index contributed by atoms with van der Waals surface area (Å²) in [6, 6.07) is 10.4. The van der Waals surface area contributed by atoms with Crippen LogP contribution in [-0.4, -0.2) is 23.1 Å². The monoisotopic (exact) mass is 273 g/mol. The van der Waals surface area contributed by atoms with Gasteiger partial charge in [-0.2, -0.15) is 0 Å². The van der Waals surface area contributed by atoms with Gasteiger partial charge in [-0.15, -0.1) is 11.3 Å². The van der Waals surface area contributed by atoms with Gasteiger partial charge in [0, 0.05) is 24.5 Å². The number of β-amino-alcohol motifs (C(OH)–C–C–N with tert-alkyl or cyclic N) is 1. The van der Waals surface area contributed by atoms with Crippen LogP contribution in [0.25, 0.3) is 0 Å². The van der Waals surface area contributed by atoms with Crippen LogP contribution in [0.2, 0.25) is 0 Å². The van der Waals surface area contributed by atoms with Crippen LogP contribution in [0, 0.1) is 6.92 Å². The van der Waals surface area contributed by atoms with Gasteiger partial charge in [-0.1, -0.05) is 29.8 Å². The molecule has 1 atom stereocenters. The van der Waals surface area contributed by atoms with Crippen LogP contribution in [0.3, 0.4) is 0 Å². The number of aliphatic hydroxyl groups is 1. The molecule has 1 N–H and O–H groups in total. The highest BCUT2D eigenvalue weighted by Crippen LogP contribution is 2.25. The molecule has 0 saturated heterocycles. The van der Waals surface area contributed by atoms with Crippen LogP contribution in [0.1, 0.15) is 27.7 Å². The van der Waals surface area contributed by atoms with E-state index in [1.807, 2.05) is 23.5 Å². The number of nitrogens with zero attached hydrogens (tertiary/aromatic N) is 1. The van der Waals surface area contributed by atoms with Crippen LogP contribution >= 0.6 is 11.3 Å². The Kier molecular flexibility index (Phi) is 3.69. The molecule has 3 rings (SSSR count). The molecule has 2 aromatic rings. The summed E-state index contributed by atoms with van der Waals surface area (Å²) in [5, 5.41) is 12.5. The molecular weight excluding hydrogens is 254 g/mol. The minimum Gasteiger partial charge on any atom is -0.387 e. The molecule has 0 bridgehead atoms. The molecule has 0 saturated carbocycles. The molecular formula is C16H19NOS. The molecule has 100 valence electrons. The summed E-state index contributed by atoms with van der Waals surface area (Å²) in [5.41, 5.74) is 3.69. The van der Waals surface area contributed by atoms with Crippen molar-refractivity contribution in [2.45, 2.75) is 26.0 Å². The Morgan fingerprint density at radius 2 is 2.05 bits per heavy atom. The minimum atomic E-state index is -0.388. The minimum absolute atomic E-state index is 0.388. The van der Waals surface area contributed by atoms with Crippen molar-refractivity contribution < 1.29 is 5.11 Å². The molecule has 0 aliphatic carbocycles. The van der Waals surface area contributed by atoms with E-state index in [9.17, 15) is 5.11 Å². The molecule has 1 aliphatic rings. The normalized spacial score (nSPS) is 17.2. The highest BCUT2D eigenvalue weighted by molar-refractivity contribution is 7.10. The van der Waals surface area contributed by atoms with Gasteiger partial charge in [-0.3, -0.25) is 4.90 Å². The maximum absolute atomic E-state index is 10.3. The molecule has 0 amide bonds. The number of fused-ring (bicyclic) bond motifs is 1. The Bertz CT molecular complexity index is 546. The number of benzene rings is 1. The van der Waals surface area contributed by atoms with E-state index in [1.165, 1.54) is 16.0 Å². The Morgan fingerprint density at radius 1 is 1.26 bits per heavy atom. The van der Waals surface area contributed by atoms with Crippen molar-refractivity contribution in [1.82, 2.24) is 4.90 Å². The number of hydrogen-bond acceptors (Lipinski definition) is 3. The zero-order valence-electron chi connectivity index (χ0n) is 11.2. The summed E-state index contributed by atoms with van der Waals surface area (Å²) in [4.78, 5) is 3.86. The first-order valence-corrected chi connectivity index (χ1v) is 7.62. The summed E-state index contributed by atoms with van der Waals surface area (Å²) < 4.78 is 0. The average molecular weight is 273 g/mol. The van der Waals surface area contributed by atoms with E-state index in [1.54, 1.807) is 0 Å². The van der Waals surface area contributed by atoms with Gasteiger partial charge >= 0.3 is 0 Å². The number of thiophene rings is 1. The Labute approximate surface area is 118 Å². The van der Waals surface area contributed by atoms with Crippen LogP contribution in [0.5, 0.6) is 0 Å². The summed E-state index contributed by atoms with van der Waals surface area (Å²) in [7, 11) is 0. The van der Waals surface area contributed by atoms with Gasteiger partial charge in [0.2, 0.25) is 0 Å². The third-order valence-electron chi connectivity index (χ3n) is 3.78. The van der Waals surface area contributed by atoms with Crippen LogP contribution < -0.4 is 0 Å². The molecule has 1 aromatic heterocycles. The van der Waals surface area contributed by atoms with E-state index in [4.69, 9.17) is 0 Å². The topological polar surface area (TPSA) is 23.5 Å². The Morgan fingerprint density at radius 3 is 2.84 bits per heavy atom. The lowest BCUT2D eigenvalue weighted by Crippen LogP contribution is -2.33. The largest absolute Gasteiger partial charge is 0.387 e. The fourth-order valence-corrected chi connectivity index (χ4v) is 3.49. The Balaban J connectivity index is 1.64. The number of rotatable bonds is 3. The summed E-state index contributed by atoms with van der Waals surface area (Å²) >= 11 is 1.86.